The zero-order chi connectivity index (χ0) is 16.4. The van der Waals surface area contributed by atoms with Gasteiger partial charge in [-0.15, -0.1) is 0 Å². The van der Waals surface area contributed by atoms with Crippen molar-refractivity contribution in [2.75, 3.05) is 6.54 Å². The molecule has 2 aromatic heterocycles. The van der Waals surface area contributed by atoms with Crippen LogP contribution in [0, 0.1) is 0 Å². The number of fused-ring (bicyclic) bond motifs is 1. The molecule has 0 fully saturated rings. The van der Waals surface area contributed by atoms with Gasteiger partial charge in [0.2, 0.25) is 0 Å². The first-order valence-corrected chi connectivity index (χ1v) is 8.21. The summed E-state index contributed by atoms with van der Waals surface area (Å²) in [4.78, 5) is 21.0. The highest BCUT2D eigenvalue weighted by Crippen LogP contribution is 2.23. The van der Waals surface area contributed by atoms with Gasteiger partial charge in [0, 0.05) is 43.7 Å². The van der Waals surface area contributed by atoms with E-state index in [9.17, 15) is 9.90 Å². The first-order valence-electron chi connectivity index (χ1n) is 7.83. The van der Waals surface area contributed by atoms with Crippen molar-refractivity contribution in [3.63, 3.8) is 0 Å². The lowest BCUT2D eigenvalue weighted by molar-refractivity contribution is 0.0687. The van der Waals surface area contributed by atoms with Crippen LogP contribution in [0.3, 0.4) is 0 Å². The van der Waals surface area contributed by atoms with E-state index in [4.69, 9.17) is 11.6 Å². The summed E-state index contributed by atoms with van der Waals surface area (Å²) in [7, 11) is 0. The number of aromatic nitrogens is 4. The van der Waals surface area contributed by atoms with E-state index in [1.165, 1.54) is 0 Å². The van der Waals surface area contributed by atoms with Crippen molar-refractivity contribution in [1.82, 2.24) is 25.1 Å². The normalized spacial score (nSPS) is 14.9. The molecule has 3 N–H and O–H groups in total. The van der Waals surface area contributed by atoms with Gasteiger partial charge in [-0.1, -0.05) is 24.9 Å². The number of carboxylic acid groups (broad SMARTS) is 1. The van der Waals surface area contributed by atoms with Crippen molar-refractivity contribution >= 4 is 17.6 Å². The van der Waals surface area contributed by atoms with E-state index in [-0.39, 0.29) is 5.69 Å². The molecule has 0 saturated carbocycles. The molecule has 7 nitrogen and oxygen atoms in total. The Labute approximate surface area is 139 Å². The van der Waals surface area contributed by atoms with E-state index in [1.807, 2.05) is 0 Å². The molecule has 0 radical (unpaired) electrons. The van der Waals surface area contributed by atoms with Gasteiger partial charge in [-0.25, -0.2) is 9.78 Å². The monoisotopic (exact) mass is 337 g/mol. The van der Waals surface area contributed by atoms with E-state index in [0.29, 0.717) is 18.2 Å². The summed E-state index contributed by atoms with van der Waals surface area (Å²) >= 11 is 6.22. The van der Waals surface area contributed by atoms with E-state index in [1.54, 1.807) is 0 Å². The number of aryl methyl sites for hydroxylation is 1. The highest BCUT2D eigenvalue weighted by atomic mass is 35.5. The Morgan fingerprint density at radius 1 is 1.48 bits per heavy atom. The number of nitrogens with zero attached hydrogens (tertiary/aromatic N) is 3. The molecule has 0 aliphatic carbocycles. The number of unbranched alkanes of at least 4 members (excludes halogenated alkanes) is 1. The molecular formula is C15H20ClN5O2. The number of carbonyl (C=O) groups is 1. The van der Waals surface area contributed by atoms with Crippen molar-refractivity contribution in [1.29, 1.82) is 0 Å². The minimum Gasteiger partial charge on any atom is -0.476 e. The predicted octanol–water partition coefficient (Wildman–Crippen LogP) is 2.39. The van der Waals surface area contributed by atoms with Crippen molar-refractivity contribution in [2.45, 2.75) is 45.7 Å². The smallest absolute Gasteiger partial charge is 0.356 e. The van der Waals surface area contributed by atoms with Gasteiger partial charge in [-0.05, 0) is 6.42 Å². The summed E-state index contributed by atoms with van der Waals surface area (Å²) in [5.74, 6) is -0.0788. The van der Waals surface area contributed by atoms with Crippen molar-refractivity contribution < 1.29 is 9.90 Å². The fraction of sp³-hybridized carbons (Fsp3) is 0.533. The Kier molecular flexibility index (Phi) is 4.68. The van der Waals surface area contributed by atoms with Crippen LogP contribution in [0.25, 0.3) is 0 Å². The van der Waals surface area contributed by atoms with Crippen molar-refractivity contribution in [3.05, 3.63) is 33.6 Å². The van der Waals surface area contributed by atoms with Gasteiger partial charge < -0.3 is 10.1 Å². The lowest BCUT2D eigenvalue weighted by Gasteiger charge is -2.26. The topological polar surface area (TPSA) is 97.9 Å². The fourth-order valence-corrected chi connectivity index (χ4v) is 3.10. The largest absolute Gasteiger partial charge is 0.476 e. The fourth-order valence-electron chi connectivity index (χ4n) is 2.89. The summed E-state index contributed by atoms with van der Waals surface area (Å²) in [6.45, 7) is 4.14. The van der Waals surface area contributed by atoms with E-state index < -0.39 is 5.97 Å². The van der Waals surface area contributed by atoms with Crippen LogP contribution in [0.15, 0.2) is 0 Å². The van der Waals surface area contributed by atoms with Crippen LogP contribution in [0.4, 0.5) is 0 Å². The van der Waals surface area contributed by atoms with E-state index in [2.05, 4.69) is 32.0 Å². The van der Waals surface area contributed by atoms with Crippen LogP contribution in [-0.2, 0) is 25.9 Å². The predicted molar refractivity (Wildman–Crippen MR) is 85.6 cm³/mol. The number of carboxylic acids is 1. The Bertz CT molecular complexity index is 709. The maximum atomic E-state index is 11.2. The quantitative estimate of drug-likeness (QED) is 0.751. The number of imidazole rings is 1. The second kappa shape index (κ2) is 6.72. The molecule has 0 saturated heterocycles. The Balaban J connectivity index is 1.71. The van der Waals surface area contributed by atoms with E-state index >= 15 is 0 Å². The number of aromatic amines is 2. The minimum atomic E-state index is -0.995. The Hall–Kier alpha value is -1.86. The SMILES string of the molecule is CCCCc1nc(Cl)c(CN2CCc3[nH]nc(C(=O)O)c3C2)[nH]1. The van der Waals surface area contributed by atoms with Crippen LogP contribution in [0.1, 0.15) is 53.0 Å². The average Bonchev–Trinajstić information content (AvgIpc) is 3.09. The molecule has 2 aromatic rings. The zero-order valence-corrected chi connectivity index (χ0v) is 13.8. The van der Waals surface area contributed by atoms with Crippen molar-refractivity contribution in [2.24, 2.45) is 0 Å². The zero-order valence-electron chi connectivity index (χ0n) is 13.0. The third-order valence-corrected chi connectivity index (χ3v) is 4.45. The number of rotatable bonds is 6. The molecule has 0 aromatic carbocycles. The van der Waals surface area contributed by atoms with Crippen LogP contribution in [0.5, 0.6) is 0 Å². The van der Waals surface area contributed by atoms with Crippen LogP contribution in [0.2, 0.25) is 5.15 Å². The van der Waals surface area contributed by atoms with E-state index in [0.717, 1.165) is 55.0 Å². The molecule has 3 heterocycles. The molecule has 0 amide bonds. The van der Waals surface area contributed by atoms with Crippen LogP contribution in [-0.4, -0.2) is 42.7 Å². The second-order valence-corrected chi connectivity index (χ2v) is 6.21. The summed E-state index contributed by atoms with van der Waals surface area (Å²) in [5, 5.41) is 16.4. The lowest BCUT2D eigenvalue weighted by atomic mass is 10.1. The Morgan fingerprint density at radius 3 is 3.04 bits per heavy atom. The highest BCUT2D eigenvalue weighted by molar-refractivity contribution is 6.30. The number of halogens is 1. The number of hydrogen-bond donors (Lipinski definition) is 3. The maximum Gasteiger partial charge on any atom is 0.356 e. The molecule has 8 heteroatoms. The first kappa shape index (κ1) is 16.0. The molecule has 23 heavy (non-hydrogen) atoms. The molecule has 0 spiro atoms. The molecule has 0 atom stereocenters. The summed E-state index contributed by atoms with van der Waals surface area (Å²) in [6, 6.07) is 0. The molecule has 3 rings (SSSR count). The molecule has 1 aliphatic rings. The summed E-state index contributed by atoms with van der Waals surface area (Å²) in [6.07, 6.45) is 3.84. The van der Waals surface area contributed by atoms with Gasteiger partial charge in [-0.2, -0.15) is 5.10 Å². The average molecular weight is 338 g/mol. The van der Waals surface area contributed by atoms with Gasteiger partial charge in [0.15, 0.2) is 10.8 Å². The van der Waals surface area contributed by atoms with Crippen LogP contribution < -0.4 is 0 Å². The Morgan fingerprint density at radius 2 is 2.30 bits per heavy atom. The molecule has 124 valence electrons. The third kappa shape index (κ3) is 3.40. The second-order valence-electron chi connectivity index (χ2n) is 5.85. The highest BCUT2D eigenvalue weighted by Gasteiger charge is 2.26. The van der Waals surface area contributed by atoms with Gasteiger partial charge in [0.1, 0.15) is 5.82 Å². The summed E-state index contributed by atoms with van der Waals surface area (Å²) < 4.78 is 0. The van der Waals surface area contributed by atoms with Crippen molar-refractivity contribution in [3.8, 4) is 0 Å². The number of nitrogens with one attached hydrogen (secondary N) is 2. The maximum absolute atomic E-state index is 11.2. The molecule has 1 aliphatic heterocycles. The summed E-state index contributed by atoms with van der Waals surface area (Å²) in [5.41, 5.74) is 2.69. The standard InChI is InChI=1S/C15H20ClN5O2/c1-2-3-4-12-17-11(14(16)18-12)8-21-6-5-10-9(7-21)13(15(22)23)20-19-10/h2-8H2,1H3,(H,17,18)(H,19,20)(H,22,23). The number of hydrogen-bond acceptors (Lipinski definition) is 4. The minimum absolute atomic E-state index is 0.115. The number of aromatic carboxylic acids is 1. The molecular weight excluding hydrogens is 318 g/mol. The van der Waals surface area contributed by atoms with Crippen LogP contribution >= 0.6 is 11.6 Å². The first-order chi connectivity index (χ1) is 11.1. The van der Waals surface area contributed by atoms with Gasteiger partial charge in [0.25, 0.3) is 0 Å². The number of H-pyrrole nitrogens is 2. The lowest BCUT2D eigenvalue weighted by Crippen LogP contribution is -2.30. The molecule has 0 unspecified atom stereocenters. The third-order valence-electron chi connectivity index (χ3n) is 4.14. The van der Waals surface area contributed by atoms with Gasteiger partial charge in [-0.3, -0.25) is 10.00 Å². The van der Waals surface area contributed by atoms with Gasteiger partial charge in [0.05, 0.1) is 5.69 Å². The van der Waals surface area contributed by atoms with Gasteiger partial charge >= 0.3 is 5.97 Å². The molecule has 0 bridgehead atoms.